The summed E-state index contributed by atoms with van der Waals surface area (Å²) in [5.74, 6) is 0.242. The van der Waals surface area contributed by atoms with Crippen LogP contribution in [0.25, 0.3) is 0 Å². The Morgan fingerprint density at radius 1 is 1.08 bits per heavy atom. The summed E-state index contributed by atoms with van der Waals surface area (Å²) < 4.78 is 5.75. The molecule has 5 nitrogen and oxygen atoms in total. The Bertz CT molecular complexity index is 588. The van der Waals surface area contributed by atoms with Crippen LogP contribution in [0.3, 0.4) is 0 Å². The third kappa shape index (κ3) is 4.15. The van der Waals surface area contributed by atoms with Gasteiger partial charge in [-0.05, 0) is 39.3 Å². The van der Waals surface area contributed by atoms with E-state index in [2.05, 4.69) is 47.9 Å². The van der Waals surface area contributed by atoms with E-state index in [0.29, 0.717) is 13.1 Å². The van der Waals surface area contributed by atoms with Crippen LogP contribution in [0.2, 0.25) is 0 Å². The van der Waals surface area contributed by atoms with Gasteiger partial charge in [0.25, 0.3) is 0 Å². The number of nitrogens with zero attached hydrogens (tertiary/aromatic N) is 3. The molecule has 3 rings (SSSR count). The molecule has 0 radical (unpaired) electrons. The third-order valence-corrected chi connectivity index (χ3v) is 5.41. The van der Waals surface area contributed by atoms with E-state index < -0.39 is 0 Å². The maximum Gasteiger partial charge on any atom is 0.239 e. The summed E-state index contributed by atoms with van der Waals surface area (Å²) in [4.78, 5) is 19.6. The average Bonchev–Trinajstić information content (AvgIpc) is 2.60. The van der Waals surface area contributed by atoms with Gasteiger partial charge in [-0.2, -0.15) is 0 Å². The second kappa shape index (κ2) is 7.75. The molecule has 0 aromatic heterocycles. The molecule has 25 heavy (non-hydrogen) atoms. The van der Waals surface area contributed by atoms with Crippen molar-refractivity contribution in [2.45, 2.75) is 45.9 Å². The van der Waals surface area contributed by atoms with Crippen molar-refractivity contribution in [2.75, 3.05) is 44.2 Å². The van der Waals surface area contributed by atoms with Gasteiger partial charge in [-0.15, -0.1) is 0 Å². The first-order valence-electron chi connectivity index (χ1n) is 9.44. The summed E-state index contributed by atoms with van der Waals surface area (Å²) in [5, 5.41) is 0. The van der Waals surface area contributed by atoms with E-state index in [9.17, 15) is 4.79 Å². The van der Waals surface area contributed by atoms with Crippen molar-refractivity contribution in [2.24, 2.45) is 0 Å². The van der Waals surface area contributed by atoms with Crippen molar-refractivity contribution in [1.82, 2.24) is 9.80 Å². The van der Waals surface area contributed by atoms with Crippen LogP contribution >= 0.6 is 0 Å². The zero-order valence-corrected chi connectivity index (χ0v) is 15.9. The zero-order chi connectivity index (χ0) is 18.0. The molecule has 0 bridgehead atoms. The highest BCUT2D eigenvalue weighted by Crippen LogP contribution is 2.22. The number of rotatable bonds is 3. The van der Waals surface area contributed by atoms with Gasteiger partial charge in [0.2, 0.25) is 5.91 Å². The summed E-state index contributed by atoms with van der Waals surface area (Å²) in [6.45, 7) is 13.5. The van der Waals surface area contributed by atoms with E-state index in [4.69, 9.17) is 4.74 Å². The number of piperazine rings is 1. The fraction of sp³-hybridized carbons (Fsp3) is 0.650. The Balaban J connectivity index is 1.57. The van der Waals surface area contributed by atoms with Crippen molar-refractivity contribution in [3.63, 3.8) is 0 Å². The molecule has 1 aromatic rings. The van der Waals surface area contributed by atoms with Gasteiger partial charge in [0.15, 0.2) is 0 Å². The number of morpholine rings is 1. The van der Waals surface area contributed by atoms with Gasteiger partial charge < -0.3 is 14.5 Å². The van der Waals surface area contributed by atoms with Gasteiger partial charge in [-0.3, -0.25) is 9.69 Å². The minimum Gasteiger partial charge on any atom is -0.372 e. The standard InChI is InChI=1S/C20H31N3O2/c1-15-7-5-6-8-19(15)22-11-9-21(10-12-22)18(4)20(24)23-13-16(2)25-17(3)14-23/h5-8,16-18H,9-14H2,1-4H3/t16-,17+,18-/m1/s1. The van der Waals surface area contributed by atoms with E-state index in [1.807, 2.05) is 18.7 Å². The largest absolute Gasteiger partial charge is 0.372 e. The lowest BCUT2D eigenvalue weighted by Gasteiger charge is -2.42. The number of carbonyl (C=O) groups is 1. The number of ether oxygens (including phenoxy) is 1. The molecule has 1 amide bonds. The molecular weight excluding hydrogens is 314 g/mol. The van der Waals surface area contributed by atoms with E-state index in [1.165, 1.54) is 11.3 Å². The number of hydrogen-bond donors (Lipinski definition) is 0. The molecule has 2 aliphatic rings. The van der Waals surface area contributed by atoms with Crippen LogP contribution in [0.1, 0.15) is 26.3 Å². The molecule has 0 aliphatic carbocycles. The molecule has 3 atom stereocenters. The van der Waals surface area contributed by atoms with Crippen molar-refractivity contribution < 1.29 is 9.53 Å². The van der Waals surface area contributed by atoms with E-state index >= 15 is 0 Å². The predicted octanol–water partition coefficient (Wildman–Crippen LogP) is 2.14. The molecule has 2 heterocycles. The van der Waals surface area contributed by atoms with Crippen LogP contribution < -0.4 is 4.90 Å². The quantitative estimate of drug-likeness (QED) is 0.841. The first kappa shape index (κ1) is 18.2. The molecule has 1 aromatic carbocycles. The Hall–Kier alpha value is -1.59. The molecule has 0 unspecified atom stereocenters. The number of para-hydroxylation sites is 1. The smallest absolute Gasteiger partial charge is 0.239 e. The molecule has 5 heteroatoms. The van der Waals surface area contributed by atoms with Gasteiger partial charge >= 0.3 is 0 Å². The van der Waals surface area contributed by atoms with Gasteiger partial charge in [-0.1, -0.05) is 18.2 Å². The minimum absolute atomic E-state index is 0.0588. The van der Waals surface area contributed by atoms with Crippen LogP contribution in [-0.4, -0.2) is 73.2 Å². The normalized spacial score (nSPS) is 26.6. The Morgan fingerprint density at radius 2 is 1.68 bits per heavy atom. The summed E-state index contributed by atoms with van der Waals surface area (Å²) in [7, 11) is 0. The predicted molar refractivity (Wildman–Crippen MR) is 101 cm³/mol. The first-order chi connectivity index (χ1) is 12.0. The summed E-state index contributed by atoms with van der Waals surface area (Å²) in [5.41, 5.74) is 2.63. The van der Waals surface area contributed by atoms with Crippen LogP contribution in [-0.2, 0) is 9.53 Å². The number of amides is 1. The van der Waals surface area contributed by atoms with E-state index in [-0.39, 0.29) is 24.2 Å². The lowest BCUT2D eigenvalue weighted by molar-refractivity contribution is -0.148. The van der Waals surface area contributed by atoms with Gasteiger partial charge in [-0.25, -0.2) is 0 Å². The fourth-order valence-electron chi connectivity index (χ4n) is 4.05. The molecular formula is C20H31N3O2. The van der Waals surface area contributed by atoms with Crippen LogP contribution in [0, 0.1) is 6.92 Å². The van der Waals surface area contributed by atoms with Crippen molar-refractivity contribution in [3.05, 3.63) is 29.8 Å². The SMILES string of the molecule is Cc1ccccc1N1CCN([C@H](C)C(=O)N2C[C@@H](C)O[C@@H](C)C2)CC1. The first-order valence-corrected chi connectivity index (χ1v) is 9.44. The molecule has 0 saturated carbocycles. The average molecular weight is 345 g/mol. The third-order valence-electron chi connectivity index (χ3n) is 5.41. The summed E-state index contributed by atoms with van der Waals surface area (Å²) in [6, 6.07) is 8.48. The number of carbonyl (C=O) groups excluding carboxylic acids is 1. The van der Waals surface area contributed by atoms with Gasteiger partial charge in [0, 0.05) is 45.0 Å². The number of aryl methyl sites for hydroxylation is 1. The molecule has 2 aliphatic heterocycles. The number of anilines is 1. The summed E-state index contributed by atoms with van der Waals surface area (Å²) >= 11 is 0. The van der Waals surface area contributed by atoms with Gasteiger partial charge in [0.05, 0.1) is 18.2 Å². The van der Waals surface area contributed by atoms with Crippen molar-refractivity contribution in [1.29, 1.82) is 0 Å². The lowest BCUT2D eigenvalue weighted by Crippen LogP contribution is -2.57. The lowest BCUT2D eigenvalue weighted by atomic mass is 10.1. The van der Waals surface area contributed by atoms with Crippen LogP contribution in [0.5, 0.6) is 0 Å². The number of benzene rings is 1. The molecule has 2 fully saturated rings. The van der Waals surface area contributed by atoms with E-state index in [1.54, 1.807) is 0 Å². The second-order valence-electron chi connectivity index (χ2n) is 7.49. The highest BCUT2D eigenvalue weighted by molar-refractivity contribution is 5.81. The second-order valence-corrected chi connectivity index (χ2v) is 7.49. The molecule has 138 valence electrons. The minimum atomic E-state index is -0.0588. The summed E-state index contributed by atoms with van der Waals surface area (Å²) in [6.07, 6.45) is 0.246. The Labute approximate surface area is 151 Å². The maximum atomic E-state index is 12.9. The molecule has 2 saturated heterocycles. The topological polar surface area (TPSA) is 36.0 Å². The van der Waals surface area contributed by atoms with Crippen LogP contribution in [0.15, 0.2) is 24.3 Å². The Morgan fingerprint density at radius 3 is 2.28 bits per heavy atom. The van der Waals surface area contributed by atoms with Crippen molar-refractivity contribution >= 4 is 11.6 Å². The van der Waals surface area contributed by atoms with E-state index in [0.717, 1.165) is 26.2 Å². The number of hydrogen-bond acceptors (Lipinski definition) is 4. The van der Waals surface area contributed by atoms with Crippen LogP contribution in [0.4, 0.5) is 5.69 Å². The Kier molecular flexibility index (Phi) is 5.64. The maximum absolute atomic E-state index is 12.9. The molecule has 0 spiro atoms. The van der Waals surface area contributed by atoms with Gasteiger partial charge in [0.1, 0.15) is 0 Å². The van der Waals surface area contributed by atoms with Crippen molar-refractivity contribution in [3.8, 4) is 0 Å². The highest BCUT2D eigenvalue weighted by atomic mass is 16.5. The zero-order valence-electron chi connectivity index (χ0n) is 15.9. The molecule has 0 N–H and O–H groups in total. The highest BCUT2D eigenvalue weighted by Gasteiger charge is 2.32. The monoisotopic (exact) mass is 345 g/mol. The fourth-order valence-corrected chi connectivity index (χ4v) is 4.05.